The second kappa shape index (κ2) is 4.96. The lowest BCUT2D eigenvalue weighted by molar-refractivity contribution is 0.0694. The fourth-order valence-corrected chi connectivity index (χ4v) is 2.74. The van der Waals surface area contributed by atoms with Crippen molar-refractivity contribution in [2.75, 3.05) is 0 Å². The van der Waals surface area contributed by atoms with Crippen LogP contribution in [0.2, 0.25) is 0 Å². The maximum Gasteiger partial charge on any atom is 0.339 e. The van der Waals surface area contributed by atoms with Crippen LogP contribution in [0.4, 0.5) is 0 Å². The molecule has 1 aromatic rings. The molecule has 5 heteroatoms. The minimum atomic E-state index is -1.05. The van der Waals surface area contributed by atoms with Crippen LogP contribution in [0.1, 0.15) is 59.3 Å². The molecule has 2 aliphatic carbocycles. The molecule has 0 radical (unpaired) electrons. The summed E-state index contributed by atoms with van der Waals surface area (Å²) in [6.07, 6.45) is 5.18. The number of hydrogen-bond acceptors (Lipinski definition) is 3. The van der Waals surface area contributed by atoms with E-state index in [1.165, 1.54) is 31.7 Å². The average Bonchev–Trinajstić information content (AvgIpc) is 3.32. The van der Waals surface area contributed by atoms with Crippen molar-refractivity contribution in [1.29, 1.82) is 0 Å². The minimum absolute atomic E-state index is 0.0899. The Hall–Kier alpha value is -1.78. The van der Waals surface area contributed by atoms with Crippen molar-refractivity contribution in [1.82, 2.24) is 5.32 Å². The van der Waals surface area contributed by atoms with Gasteiger partial charge in [-0.15, -0.1) is 0 Å². The Bertz CT molecular complexity index is 528. The molecule has 5 nitrogen and oxygen atoms in total. The zero-order chi connectivity index (χ0) is 14.3. The molecule has 2 N–H and O–H groups in total. The second-order valence-corrected chi connectivity index (χ2v) is 5.78. The van der Waals surface area contributed by atoms with Crippen LogP contribution in [0, 0.1) is 11.8 Å². The van der Waals surface area contributed by atoms with Gasteiger partial charge in [0.1, 0.15) is 11.3 Å². The van der Waals surface area contributed by atoms with E-state index in [0.29, 0.717) is 24.0 Å². The van der Waals surface area contributed by atoms with E-state index in [9.17, 15) is 9.59 Å². The van der Waals surface area contributed by atoms with Crippen molar-refractivity contribution in [2.24, 2.45) is 11.8 Å². The van der Waals surface area contributed by atoms with Crippen molar-refractivity contribution < 1.29 is 19.1 Å². The van der Waals surface area contributed by atoms with Crippen LogP contribution in [-0.4, -0.2) is 23.0 Å². The van der Waals surface area contributed by atoms with Gasteiger partial charge in [-0.1, -0.05) is 6.92 Å². The van der Waals surface area contributed by atoms with Gasteiger partial charge >= 0.3 is 5.97 Å². The SMILES string of the molecule is CCc1oc(C(=O)NC(C2CC2)C2CC2)cc1C(=O)O. The van der Waals surface area contributed by atoms with Crippen molar-refractivity contribution in [3.8, 4) is 0 Å². The average molecular weight is 277 g/mol. The Labute approximate surface area is 117 Å². The molecule has 1 amide bonds. The summed E-state index contributed by atoms with van der Waals surface area (Å²) < 4.78 is 5.40. The van der Waals surface area contributed by atoms with Crippen LogP contribution in [0.3, 0.4) is 0 Å². The highest BCUT2D eigenvalue weighted by Gasteiger charge is 2.42. The van der Waals surface area contributed by atoms with E-state index in [-0.39, 0.29) is 23.3 Å². The maximum atomic E-state index is 12.2. The molecule has 1 heterocycles. The van der Waals surface area contributed by atoms with Crippen molar-refractivity contribution in [3.63, 3.8) is 0 Å². The molecule has 0 aliphatic heterocycles. The molecule has 2 fully saturated rings. The van der Waals surface area contributed by atoms with Gasteiger partial charge in [-0.25, -0.2) is 4.79 Å². The molecule has 0 spiro atoms. The molecule has 0 unspecified atom stereocenters. The number of aryl methyl sites for hydroxylation is 1. The number of carbonyl (C=O) groups is 2. The third kappa shape index (κ3) is 2.57. The van der Waals surface area contributed by atoms with E-state index in [1.54, 1.807) is 0 Å². The zero-order valence-electron chi connectivity index (χ0n) is 11.5. The molecule has 3 rings (SSSR count). The topological polar surface area (TPSA) is 79.5 Å². The molecular formula is C15H19NO4. The fourth-order valence-electron chi connectivity index (χ4n) is 2.74. The van der Waals surface area contributed by atoms with Crippen LogP contribution in [0.15, 0.2) is 10.5 Å². The normalized spacial score (nSPS) is 18.3. The number of rotatable bonds is 6. The first-order valence-electron chi connectivity index (χ1n) is 7.27. The number of carbonyl (C=O) groups excluding carboxylic acids is 1. The Morgan fingerprint density at radius 3 is 2.35 bits per heavy atom. The number of carboxylic acids is 1. The van der Waals surface area contributed by atoms with Crippen molar-refractivity contribution in [3.05, 3.63) is 23.2 Å². The van der Waals surface area contributed by atoms with Gasteiger partial charge in [0.05, 0.1) is 0 Å². The number of amides is 1. The molecule has 0 atom stereocenters. The van der Waals surface area contributed by atoms with Crippen LogP contribution in [0.25, 0.3) is 0 Å². The first-order chi connectivity index (χ1) is 9.60. The molecular weight excluding hydrogens is 258 g/mol. The standard InChI is InChI=1S/C15H19NO4/c1-2-11-10(15(18)19)7-12(20-11)14(17)16-13(8-3-4-8)9-5-6-9/h7-9,13H,2-6H2,1H3,(H,16,17)(H,18,19). The summed E-state index contributed by atoms with van der Waals surface area (Å²) >= 11 is 0. The van der Waals surface area contributed by atoms with E-state index in [0.717, 1.165) is 0 Å². The summed E-state index contributed by atoms with van der Waals surface area (Å²) in [7, 11) is 0. The van der Waals surface area contributed by atoms with Gasteiger partial charge in [0.15, 0.2) is 5.76 Å². The third-order valence-corrected chi connectivity index (χ3v) is 4.14. The van der Waals surface area contributed by atoms with Gasteiger partial charge in [-0.2, -0.15) is 0 Å². The summed E-state index contributed by atoms with van der Waals surface area (Å²) in [4.78, 5) is 23.3. The number of aromatic carboxylic acids is 1. The molecule has 0 aromatic carbocycles. The maximum absolute atomic E-state index is 12.2. The van der Waals surface area contributed by atoms with Crippen LogP contribution >= 0.6 is 0 Å². The molecule has 2 aliphatic rings. The Morgan fingerprint density at radius 2 is 1.95 bits per heavy atom. The zero-order valence-corrected chi connectivity index (χ0v) is 11.5. The van der Waals surface area contributed by atoms with E-state index in [2.05, 4.69) is 5.32 Å². The number of furan rings is 1. The summed E-state index contributed by atoms with van der Waals surface area (Å²) in [6.45, 7) is 1.81. The van der Waals surface area contributed by atoms with Crippen LogP contribution in [-0.2, 0) is 6.42 Å². The second-order valence-electron chi connectivity index (χ2n) is 5.78. The van der Waals surface area contributed by atoms with Gasteiger partial charge in [-0.3, -0.25) is 4.79 Å². The number of hydrogen-bond donors (Lipinski definition) is 2. The van der Waals surface area contributed by atoms with Crippen LogP contribution in [0.5, 0.6) is 0 Å². The van der Waals surface area contributed by atoms with Gasteiger partial charge in [0.25, 0.3) is 5.91 Å². The quantitative estimate of drug-likeness (QED) is 0.837. The van der Waals surface area contributed by atoms with E-state index < -0.39 is 5.97 Å². The Kier molecular flexibility index (Phi) is 3.28. The van der Waals surface area contributed by atoms with Gasteiger partial charge < -0.3 is 14.8 Å². The predicted molar refractivity (Wildman–Crippen MR) is 71.7 cm³/mol. The number of carboxylic acid groups (broad SMARTS) is 1. The summed E-state index contributed by atoms with van der Waals surface area (Å²) in [6, 6.07) is 1.58. The first kappa shape index (κ1) is 13.2. The molecule has 0 bridgehead atoms. The fraction of sp³-hybridized carbons (Fsp3) is 0.600. The smallest absolute Gasteiger partial charge is 0.339 e. The highest BCUT2D eigenvalue weighted by atomic mass is 16.4. The third-order valence-electron chi connectivity index (χ3n) is 4.14. The van der Waals surface area contributed by atoms with Crippen molar-refractivity contribution in [2.45, 2.75) is 45.1 Å². The Morgan fingerprint density at radius 1 is 1.35 bits per heavy atom. The molecule has 20 heavy (non-hydrogen) atoms. The molecule has 0 saturated heterocycles. The summed E-state index contributed by atoms with van der Waals surface area (Å²) in [5.41, 5.74) is 0.0899. The highest BCUT2D eigenvalue weighted by molar-refractivity contribution is 5.96. The van der Waals surface area contributed by atoms with Gasteiger partial charge in [0, 0.05) is 18.5 Å². The number of nitrogens with one attached hydrogen (secondary N) is 1. The predicted octanol–water partition coefficient (Wildman–Crippen LogP) is 2.46. The largest absolute Gasteiger partial charge is 0.478 e. The summed E-state index contributed by atoms with van der Waals surface area (Å²) in [5, 5.41) is 12.1. The Balaban J connectivity index is 1.74. The van der Waals surface area contributed by atoms with Gasteiger partial charge in [0.2, 0.25) is 0 Å². The van der Waals surface area contributed by atoms with E-state index in [1.807, 2.05) is 6.92 Å². The lowest BCUT2D eigenvalue weighted by atomic mass is 10.1. The van der Waals surface area contributed by atoms with E-state index in [4.69, 9.17) is 9.52 Å². The summed E-state index contributed by atoms with van der Waals surface area (Å²) in [5.74, 6) is 0.348. The monoisotopic (exact) mass is 277 g/mol. The lowest BCUT2D eigenvalue weighted by Crippen LogP contribution is -2.37. The van der Waals surface area contributed by atoms with Crippen molar-refractivity contribution >= 4 is 11.9 Å². The first-order valence-corrected chi connectivity index (χ1v) is 7.27. The molecule has 1 aromatic heterocycles. The molecule has 108 valence electrons. The minimum Gasteiger partial charge on any atom is -0.478 e. The molecule has 2 saturated carbocycles. The highest BCUT2D eigenvalue weighted by Crippen LogP contribution is 2.44. The van der Waals surface area contributed by atoms with Crippen LogP contribution < -0.4 is 5.32 Å². The van der Waals surface area contributed by atoms with Gasteiger partial charge in [-0.05, 0) is 37.5 Å². The lowest BCUT2D eigenvalue weighted by Gasteiger charge is -2.16. The van der Waals surface area contributed by atoms with E-state index >= 15 is 0 Å².